The molecule has 16 nitrogen and oxygen atoms in total. The van der Waals surface area contributed by atoms with Gasteiger partial charge < -0.3 is 71.0 Å². The van der Waals surface area contributed by atoms with Crippen molar-refractivity contribution in [2.24, 2.45) is 40.3 Å². The van der Waals surface area contributed by atoms with Crippen molar-refractivity contribution in [1.82, 2.24) is 9.80 Å². The minimum absolute atomic E-state index is 0.0314. The van der Waals surface area contributed by atoms with Gasteiger partial charge in [-0.15, -0.1) is 0 Å². The predicted octanol–water partition coefficient (Wildman–Crippen LogP) is 5.03. The van der Waals surface area contributed by atoms with Gasteiger partial charge in [-0.1, -0.05) is 77.5 Å². The Kier molecular flexibility index (Phi) is 37.8. The average Bonchev–Trinajstić information content (AvgIpc) is 3.23. The van der Waals surface area contributed by atoms with Crippen molar-refractivity contribution >= 4 is 12.7 Å². The Bertz CT molecular complexity index is 1380. The van der Waals surface area contributed by atoms with Crippen LogP contribution in [-0.4, -0.2) is 189 Å². The standard InChI is InChI=1S/C21H43NO3.C11H15N.C8H19NO2.C8H16O4.C3H9NO.CH2O2/c1-9-18-16(4)10-14(2)11-20(6,24)12-15(3)13-22(8)17(5)19(23)21(18,7)25;1-4-7-12-11-8-9(2)5-6-10(11)3;1-7(11)6-8(4-5-10)9(2)3;1-5-7(10)8(2,11-3)4-6(9)12-5;4-2-1-3-5;2-1-3/h14-19,23-25H,9-13H2,1-8H3;4-8,10-11H,1H2,2-3H3;7-8,10-11H,4-6H2,1-3H3;5-7,9-10H,4H2,1-3H3;5H,1-4H2;1H,(H,2,3)/t14-,15+,16?,17?,18-,19?,20?,21?;;;5?,6-,7+,8?;;/m0..1../s1. The summed E-state index contributed by atoms with van der Waals surface area (Å²) in [6.45, 7) is 29.0. The molecule has 11 unspecified atom stereocenters. The minimum atomic E-state index is -1.12. The van der Waals surface area contributed by atoms with E-state index in [1.807, 2.05) is 39.9 Å². The van der Waals surface area contributed by atoms with Crippen LogP contribution in [0.1, 0.15) is 134 Å². The first kappa shape index (κ1) is 70.1. The van der Waals surface area contributed by atoms with Crippen LogP contribution in [0.4, 0.5) is 0 Å². The lowest BCUT2D eigenvalue weighted by molar-refractivity contribution is -0.263. The van der Waals surface area contributed by atoms with Crippen molar-refractivity contribution < 1.29 is 60.2 Å². The zero-order valence-corrected chi connectivity index (χ0v) is 45.3. The monoisotopic (exact) mass is 977 g/mol. The Morgan fingerprint density at radius 1 is 1.01 bits per heavy atom. The maximum absolute atomic E-state index is 11.2. The topological polar surface area (TPSA) is 262 Å². The van der Waals surface area contributed by atoms with Gasteiger partial charge in [0.2, 0.25) is 0 Å². The molecule has 0 spiro atoms. The van der Waals surface area contributed by atoms with E-state index in [1.165, 1.54) is 12.7 Å². The number of carbonyl (C=O) groups is 1. The highest BCUT2D eigenvalue weighted by atomic mass is 16.6. The second-order valence-electron chi connectivity index (χ2n) is 20.5. The molecule has 1 aliphatic carbocycles. The van der Waals surface area contributed by atoms with E-state index in [2.05, 4.69) is 76.2 Å². The molecule has 0 aromatic heterocycles. The van der Waals surface area contributed by atoms with Crippen molar-refractivity contribution in [3.8, 4) is 0 Å². The Balaban J connectivity index is -0.000000832. The number of ether oxygens (including phenoxy) is 2. The molecule has 2 fully saturated rings. The molecule has 16 heteroatoms. The molecule has 3 rings (SSSR count). The summed E-state index contributed by atoms with van der Waals surface area (Å²) < 4.78 is 10.2. The Hall–Kier alpha value is -2.16. The van der Waals surface area contributed by atoms with Crippen molar-refractivity contribution in [3.63, 3.8) is 0 Å². The van der Waals surface area contributed by atoms with E-state index < -0.39 is 41.4 Å². The molecular formula is C52H104N4O12. The summed E-state index contributed by atoms with van der Waals surface area (Å²) in [7, 11) is 7.45. The quantitative estimate of drug-likeness (QED) is 0.0962. The van der Waals surface area contributed by atoms with Gasteiger partial charge in [-0.2, -0.15) is 0 Å². The van der Waals surface area contributed by atoms with Crippen LogP contribution in [-0.2, 0) is 14.3 Å². The lowest BCUT2D eigenvalue weighted by atomic mass is 9.70. The summed E-state index contributed by atoms with van der Waals surface area (Å²) in [6.07, 6.45) is 12.8. The first-order valence-corrected chi connectivity index (χ1v) is 24.7. The van der Waals surface area contributed by atoms with E-state index in [0.717, 1.165) is 51.5 Å². The normalized spacial score (nSPS) is 35.4. The number of aliphatic hydroxyl groups is 8. The van der Waals surface area contributed by atoms with Gasteiger partial charge in [-0.05, 0) is 138 Å². The number of hydrogen-bond acceptors (Lipinski definition) is 15. The number of aliphatic hydroxyl groups excluding tert-OH is 6. The third kappa shape index (κ3) is 28.6. The van der Waals surface area contributed by atoms with Crippen LogP contribution in [0.3, 0.4) is 0 Å². The van der Waals surface area contributed by atoms with Gasteiger partial charge in [-0.25, -0.2) is 0 Å². The third-order valence-corrected chi connectivity index (χ3v) is 13.2. The van der Waals surface area contributed by atoms with Crippen LogP contribution >= 0.6 is 0 Å². The van der Waals surface area contributed by atoms with Crippen molar-refractivity contribution in [1.29, 1.82) is 0 Å². The van der Waals surface area contributed by atoms with E-state index in [1.54, 1.807) is 40.0 Å². The second kappa shape index (κ2) is 36.7. The summed E-state index contributed by atoms with van der Waals surface area (Å²) in [5, 5.41) is 84.6. The number of hydrogen-bond donors (Lipinski definition) is 10. The zero-order chi connectivity index (χ0) is 53.6. The van der Waals surface area contributed by atoms with E-state index in [9.17, 15) is 25.5 Å². The summed E-state index contributed by atoms with van der Waals surface area (Å²) in [5.41, 5.74) is 3.78. The molecule has 3 aliphatic rings. The highest BCUT2D eigenvalue weighted by molar-refractivity contribution is 5.70. The van der Waals surface area contributed by atoms with Crippen molar-refractivity contribution in [2.45, 2.75) is 200 Å². The summed E-state index contributed by atoms with van der Waals surface area (Å²) >= 11 is 0. The van der Waals surface area contributed by atoms with Crippen LogP contribution in [0.25, 0.3) is 0 Å². The van der Waals surface area contributed by atoms with Crippen molar-refractivity contribution in [3.05, 3.63) is 36.5 Å². The van der Waals surface area contributed by atoms with Crippen LogP contribution in [0.5, 0.6) is 0 Å². The van der Waals surface area contributed by atoms with Crippen LogP contribution < -0.4 is 5.73 Å². The minimum Gasteiger partial charge on any atom is -0.483 e. The van der Waals surface area contributed by atoms with Gasteiger partial charge in [0.1, 0.15) is 6.10 Å². The van der Waals surface area contributed by atoms with E-state index in [-0.39, 0.29) is 43.7 Å². The summed E-state index contributed by atoms with van der Waals surface area (Å²) in [5.74, 6) is 1.53. The molecule has 0 bridgehead atoms. The summed E-state index contributed by atoms with van der Waals surface area (Å²) in [4.78, 5) is 16.9. The molecule has 0 aromatic carbocycles. The molecule has 16 atom stereocenters. The fourth-order valence-corrected chi connectivity index (χ4v) is 9.52. The van der Waals surface area contributed by atoms with Gasteiger partial charge >= 0.3 is 0 Å². The van der Waals surface area contributed by atoms with Crippen LogP contribution in [0, 0.1) is 29.6 Å². The molecule has 2 aliphatic heterocycles. The number of aliphatic imine (C=N–C) groups is 1. The highest BCUT2D eigenvalue weighted by Gasteiger charge is 2.45. The molecule has 11 N–H and O–H groups in total. The lowest BCUT2D eigenvalue weighted by Gasteiger charge is -2.44. The van der Waals surface area contributed by atoms with Gasteiger partial charge in [0.15, 0.2) is 6.29 Å². The highest BCUT2D eigenvalue weighted by Crippen LogP contribution is 2.38. The lowest BCUT2D eigenvalue weighted by Crippen LogP contribution is -2.57. The molecule has 0 saturated carbocycles. The number of likely N-dealkylation sites (N-methyl/N-ethyl adjacent to an activating group) is 1. The number of methoxy groups -OCH3 is 1. The average molecular weight is 977 g/mol. The maximum Gasteiger partial charge on any atom is 0.290 e. The SMILES string of the molecule is C=CC=NC1C=C(C)C=CC1C.CC(O)CC(CCO)N(C)C.CC[C@H]1C(C)C[C@H](C)CC(C)(O)C[C@@H](C)CN(C)C(C)C(O)C1(C)O.COC1(C)C[C@H](O)OC(C)[C@@H]1O.NCCCO.O=CO. The van der Waals surface area contributed by atoms with Gasteiger partial charge in [0.25, 0.3) is 6.47 Å². The van der Waals surface area contributed by atoms with Gasteiger partial charge in [0.05, 0.1) is 41.2 Å². The first-order chi connectivity index (χ1) is 31.4. The predicted molar refractivity (Wildman–Crippen MR) is 277 cm³/mol. The smallest absolute Gasteiger partial charge is 0.290 e. The zero-order valence-electron chi connectivity index (χ0n) is 45.3. The number of carboxylic acid groups (broad SMARTS) is 1. The fraction of sp³-hybridized carbons (Fsp3) is 0.846. The van der Waals surface area contributed by atoms with E-state index in [0.29, 0.717) is 42.8 Å². The van der Waals surface area contributed by atoms with E-state index in [4.69, 9.17) is 40.4 Å². The number of nitrogens with two attached hydrogens (primary N) is 1. The molecule has 0 radical (unpaired) electrons. The third-order valence-electron chi connectivity index (χ3n) is 13.2. The largest absolute Gasteiger partial charge is 0.483 e. The molecule has 0 aromatic rings. The van der Waals surface area contributed by atoms with Crippen molar-refractivity contribution in [2.75, 3.05) is 54.6 Å². The van der Waals surface area contributed by atoms with E-state index >= 15 is 0 Å². The van der Waals surface area contributed by atoms with Gasteiger partial charge in [0, 0.05) is 57.5 Å². The molecule has 0 amide bonds. The maximum atomic E-state index is 11.2. The second-order valence-corrected chi connectivity index (χ2v) is 20.5. The molecule has 2 heterocycles. The van der Waals surface area contributed by atoms with Crippen LogP contribution in [0.2, 0.25) is 0 Å². The summed E-state index contributed by atoms with van der Waals surface area (Å²) in [6, 6.07) is 0.454. The Morgan fingerprint density at radius 2 is 1.57 bits per heavy atom. The molecule has 2 saturated heterocycles. The fourth-order valence-electron chi connectivity index (χ4n) is 9.52. The number of allylic oxidation sites excluding steroid dienone is 3. The number of rotatable bonds is 11. The number of nitrogens with zero attached hydrogens (tertiary/aromatic N) is 3. The molecular weight excluding hydrogens is 873 g/mol. The Labute approximate surface area is 413 Å². The first-order valence-electron chi connectivity index (χ1n) is 24.7. The van der Waals surface area contributed by atoms with Gasteiger partial charge in [-0.3, -0.25) is 9.79 Å². The van der Waals surface area contributed by atoms with Crippen LogP contribution in [0.15, 0.2) is 41.4 Å². The molecule has 68 heavy (non-hydrogen) atoms. The Morgan fingerprint density at radius 3 is 2.01 bits per heavy atom. The molecule has 404 valence electrons.